The lowest BCUT2D eigenvalue weighted by Crippen LogP contribution is -2.29. The van der Waals surface area contributed by atoms with Crippen LogP contribution in [0.5, 0.6) is 0 Å². The van der Waals surface area contributed by atoms with Crippen LogP contribution in [0.4, 0.5) is 10.3 Å². The molecule has 9 heteroatoms. The van der Waals surface area contributed by atoms with Crippen LogP contribution in [0, 0.1) is 19.7 Å². The number of nitrogens with one attached hydrogen (secondary N) is 2. The molecule has 4 rings (SSSR count). The van der Waals surface area contributed by atoms with E-state index in [-0.39, 0.29) is 17.0 Å². The first kappa shape index (κ1) is 20.3. The number of imidazole rings is 1. The highest BCUT2D eigenvalue weighted by Crippen LogP contribution is 2.20. The minimum Gasteiger partial charge on any atom is -0.298 e. The second-order valence-corrected chi connectivity index (χ2v) is 7.36. The highest BCUT2D eigenvalue weighted by atomic mass is 19.1. The highest BCUT2D eigenvalue weighted by molar-refractivity contribution is 5.80. The first-order valence-electron chi connectivity index (χ1n) is 9.64. The van der Waals surface area contributed by atoms with Crippen LogP contribution in [0.1, 0.15) is 22.3 Å². The molecule has 2 aromatic heterocycles. The summed E-state index contributed by atoms with van der Waals surface area (Å²) in [4.78, 5) is 31.4. The maximum atomic E-state index is 13.1. The van der Waals surface area contributed by atoms with E-state index in [1.807, 2.05) is 32.0 Å². The fraction of sp³-hybridized carbons (Fsp3) is 0.182. The van der Waals surface area contributed by atoms with Crippen LogP contribution in [0.2, 0.25) is 0 Å². The summed E-state index contributed by atoms with van der Waals surface area (Å²) in [7, 11) is 1.54. The van der Waals surface area contributed by atoms with Crippen molar-refractivity contribution < 1.29 is 4.39 Å². The van der Waals surface area contributed by atoms with Gasteiger partial charge < -0.3 is 0 Å². The van der Waals surface area contributed by atoms with Gasteiger partial charge in [-0.05, 0) is 42.7 Å². The molecule has 0 saturated heterocycles. The Balaban J connectivity index is 1.80. The molecule has 0 aliphatic carbocycles. The number of hydrazone groups is 1. The first-order valence-corrected chi connectivity index (χ1v) is 9.64. The topological polar surface area (TPSA) is 97.1 Å². The first-order chi connectivity index (χ1) is 14.8. The zero-order chi connectivity index (χ0) is 22.1. The number of aromatic nitrogens is 4. The molecular formula is C22H21FN6O2. The summed E-state index contributed by atoms with van der Waals surface area (Å²) in [5.74, 6) is -0.0264. The summed E-state index contributed by atoms with van der Waals surface area (Å²) in [6, 6.07) is 11.9. The number of hydrogen-bond acceptors (Lipinski definition) is 5. The molecule has 158 valence electrons. The van der Waals surface area contributed by atoms with Crippen molar-refractivity contribution >= 4 is 23.3 Å². The Morgan fingerprint density at radius 3 is 2.65 bits per heavy atom. The zero-order valence-corrected chi connectivity index (χ0v) is 17.3. The zero-order valence-electron chi connectivity index (χ0n) is 17.3. The summed E-state index contributed by atoms with van der Waals surface area (Å²) in [5.41, 5.74) is 6.16. The number of benzene rings is 2. The van der Waals surface area contributed by atoms with Crippen molar-refractivity contribution in [2.75, 3.05) is 5.43 Å². The summed E-state index contributed by atoms with van der Waals surface area (Å²) >= 11 is 0. The maximum Gasteiger partial charge on any atom is 0.329 e. The number of fused-ring (bicyclic) bond motifs is 1. The largest absolute Gasteiger partial charge is 0.329 e. The quantitative estimate of drug-likeness (QED) is 0.383. The van der Waals surface area contributed by atoms with E-state index in [4.69, 9.17) is 0 Å². The van der Waals surface area contributed by atoms with Gasteiger partial charge in [-0.1, -0.05) is 35.9 Å². The lowest BCUT2D eigenvalue weighted by Gasteiger charge is -2.11. The predicted octanol–water partition coefficient (Wildman–Crippen LogP) is 2.67. The number of halogens is 1. The Morgan fingerprint density at radius 1 is 1.16 bits per heavy atom. The fourth-order valence-electron chi connectivity index (χ4n) is 3.33. The van der Waals surface area contributed by atoms with E-state index in [1.165, 1.54) is 22.9 Å². The van der Waals surface area contributed by atoms with Crippen molar-refractivity contribution in [3.8, 4) is 0 Å². The van der Waals surface area contributed by atoms with Gasteiger partial charge in [-0.25, -0.2) is 14.6 Å². The molecule has 0 spiro atoms. The third-order valence-corrected chi connectivity index (χ3v) is 5.09. The van der Waals surface area contributed by atoms with E-state index in [0.717, 1.165) is 16.7 Å². The van der Waals surface area contributed by atoms with Crippen molar-refractivity contribution in [1.29, 1.82) is 0 Å². The standard InChI is InChI=1S/C22H21FN6O2/c1-13-4-5-14(2)16(10-13)12-29-18-19(28(3)22(31)26-20(18)30)25-21(29)27-24-11-15-6-8-17(23)9-7-15/h4-11H,12H2,1-3H3,(H,25,27)(H,26,30,31)/b24-11-. The average molecular weight is 420 g/mol. The molecule has 2 N–H and O–H groups in total. The van der Waals surface area contributed by atoms with Crippen LogP contribution < -0.4 is 16.7 Å². The molecule has 2 aromatic carbocycles. The van der Waals surface area contributed by atoms with E-state index < -0.39 is 11.2 Å². The lowest BCUT2D eigenvalue weighted by molar-refractivity contribution is 0.628. The molecule has 0 bridgehead atoms. The second kappa shape index (κ2) is 8.02. The molecule has 0 unspecified atom stereocenters. The SMILES string of the molecule is Cc1ccc(C)c(Cn2c(N/N=C\c3ccc(F)cc3)nc3c2c(=O)[nH]c(=O)n3C)c1. The van der Waals surface area contributed by atoms with Crippen molar-refractivity contribution in [2.24, 2.45) is 12.1 Å². The van der Waals surface area contributed by atoms with E-state index >= 15 is 0 Å². The van der Waals surface area contributed by atoms with Crippen LogP contribution in [0.15, 0.2) is 57.2 Å². The Hall–Kier alpha value is -4.01. The normalized spacial score (nSPS) is 11.5. The van der Waals surface area contributed by atoms with Crippen LogP contribution >= 0.6 is 0 Å². The Kier molecular flexibility index (Phi) is 5.24. The van der Waals surface area contributed by atoms with Gasteiger partial charge in [0.25, 0.3) is 5.56 Å². The maximum absolute atomic E-state index is 13.1. The van der Waals surface area contributed by atoms with Gasteiger partial charge in [-0.2, -0.15) is 10.1 Å². The minimum absolute atomic E-state index is 0.249. The van der Waals surface area contributed by atoms with E-state index in [1.54, 1.807) is 23.7 Å². The number of hydrogen-bond donors (Lipinski definition) is 2. The van der Waals surface area contributed by atoms with Gasteiger partial charge in [0.2, 0.25) is 5.95 Å². The van der Waals surface area contributed by atoms with Crippen molar-refractivity contribution in [3.63, 3.8) is 0 Å². The number of rotatable bonds is 5. The van der Waals surface area contributed by atoms with Gasteiger partial charge in [-0.15, -0.1) is 0 Å². The van der Waals surface area contributed by atoms with Crippen LogP contribution in [-0.2, 0) is 13.6 Å². The lowest BCUT2D eigenvalue weighted by atomic mass is 10.1. The van der Waals surface area contributed by atoms with Gasteiger partial charge >= 0.3 is 5.69 Å². The third-order valence-electron chi connectivity index (χ3n) is 5.09. The molecule has 0 radical (unpaired) electrons. The van der Waals surface area contributed by atoms with E-state index in [9.17, 15) is 14.0 Å². The summed E-state index contributed by atoms with van der Waals surface area (Å²) in [6.07, 6.45) is 1.52. The van der Waals surface area contributed by atoms with Crippen LogP contribution in [-0.4, -0.2) is 25.3 Å². The molecule has 8 nitrogen and oxygen atoms in total. The number of anilines is 1. The van der Waals surface area contributed by atoms with Crippen molar-refractivity contribution in [1.82, 2.24) is 19.1 Å². The highest BCUT2D eigenvalue weighted by Gasteiger charge is 2.18. The average Bonchev–Trinajstić information content (AvgIpc) is 3.09. The number of nitrogens with zero attached hydrogens (tertiary/aromatic N) is 4. The van der Waals surface area contributed by atoms with Gasteiger partial charge in [0, 0.05) is 7.05 Å². The summed E-state index contributed by atoms with van der Waals surface area (Å²) in [5, 5.41) is 4.18. The molecule has 0 fully saturated rings. The Bertz CT molecular complexity index is 1410. The van der Waals surface area contributed by atoms with Gasteiger partial charge in [-0.3, -0.25) is 18.9 Å². The van der Waals surface area contributed by atoms with Crippen molar-refractivity contribution in [2.45, 2.75) is 20.4 Å². The molecule has 0 atom stereocenters. The number of aryl methyl sites for hydroxylation is 3. The Morgan fingerprint density at radius 2 is 1.90 bits per heavy atom. The molecule has 0 amide bonds. The molecule has 0 aliphatic rings. The number of H-pyrrole nitrogens is 1. The molecule has 4 aromatic rings. The molecule has 0 saturated carbocycles. The third kappa shape index (κ3) is 4.02. The van der Waals surface area contributed by atoms with Crippen LogP contribution in [0.3, 0.4) is 0 Å². The minimum atomic E-state index is -0.546. The summed E-state index contributed by atoms with van der Waals surface area (Å²) < 4.78 is 16.1. The summed E-state index contributed by atoms with van der Waals surface area (Å²) in [6.45, 7) is 4.35. The molecule has 0 aliphatic heterocycles. The van der Waals surface area contributed by atoms with Gasteiger partial charge in [0.05, 0.1) is 12.8 Å². The van der Waals surface area contributed by atoms with Crippen molar-refractivity contribution in [3.05, 3.63) is 91.4 Å². The smallest absolute Gasteiger partial charge is 0.298 e. The fourth-order valence-corrected chi connectivity index (χ4v) is 3.33. The van der Waals surface area contributed by atoms with E-state index in [0.29, 0.717) is 18.1 Å². The number of aromatic amines is 1. The van der Waals surface area contributed by atoms with Gasteiger partial charge in [0.1, 0.15) is 5.82 Å². The monoisotopic (exact) mass is 420 g/mol. The van der Waals surface area contributed by atoms with E-state index in [2.05, 4.69) is 20.5 Å². The molecule has 31 heavy (non-hydrogen) atoms. The molecule has 2 heterocycles. The molecular weight excluding hydrogens is 399 g/mol. The second-order valence-electron chi connectivity index (χ2n) is 7.36. The Labute approximate surface area is 176 Å². The van der Waals surface area contributed by atoms with Gasteiger partial charge in [0.15, 0.2) is 11.2 Å². The predicted molar refractivity (Wildman–Crippen MR) is 118 cm³/mol. The van der Waals surface area contributed by atoms with Crippen LogP contribution in [0.25, 0.3) is 11.2 Å².